The largest absolute Gasteiger partial charge is 0.468 e. The van der Waals surface area contributed by atoms with Gasteiger partial charge in [-0.05, 0) is 41.8 Å². The van der Waals surface area contributed by atoms with Crippen LogP contribution in [0.3, 0.4) is 0 Å². The molecule has 0 N–H and O–H groups in total. The van der Waals surface area contributed by atoms with Crippen LogP contribution >= 0.6 is 0 Å². The van der Waals surface area contributed by atoms with E-state index in [1.165, 1.54) is 38.5 Å². The number of carbonyl (C=O) groups excluding carboxylic acids is 2. The number of carbonyl (C=O) groups is 2. The van der Waals surface area contributed by atoms with Crippen molar-refractivity contribution in [2.45, 2.75) is 6.42 Å². The summed E-state index contributed by atoms with van der Waals surface area (Å²) in [6.45, 7) is 0. The van der Waals surface area contributed by atoms with Gasteiger partial charge >= 0.3 is 11.9 Å². The molecule has 27 heavy (non-hydrogen) atoms. The van der Waals surface area contributed by atoms with E-state index in [1.54, 1.807) is 36.4 Å². The van der Waals surface area contributed by atoms with Crippen molar-refractivity contribution in [2.24, 2.45) is 11.8 Å². The van der Waals surface area contributed by atoms with Crippen molar-refractivity contribution in [1.29, 1.82) is 0 Å². The minimum absolute atomic E-state index is 0.285. The summed E-state index contributed by atoms with van der Waals surface area (Å²) in [5, 5.41) is 0. The van der Waals surface area contributed by atoms with Gasteiger partial charge in [0.25, 0.3) is 0 Å². The number of halogens is 2. The second-order valence-electron chi connectivity index (χ2n) is 5.93. The van der Waals surface area contributed by atoms with Crippen molar-refractivity contribution in [2.75, 3.05) is 14.2 Å². The van der Waals surface area contributed by atoms with Gasteiger partial charge in [0.05, 0.1) is 14.2 Å². The lowest BCUT2D eigenvalue weighted by Crippen LogP contribution is -2.33. The molecule has 0 aliphatic carbocycles. The summed E-state index contributed by atoms with van der Waals surface area (Å²) in [7, 11) is 2.38. The second kappa shape index (κ2) is 9.62. The number of allylic oxidation sites excluding steroid dienone is 1. The molecule has 142 valence electrons. The summed E-state index contributed by atoms with van der Waals surface area (Å²) >= 11 is 0. The molecule has 1 atom stereocenters. The van der Waals surface area contributed by atoms with Gasteiger partial charge in [-0.2, -0.15) is 0 Å². The molecule has 2 rings (SSSR count). The standard InChI is InChI=1S/C21H20F2O4/c1-26-20(24)19(21(25)27-2)16(13-15-6-11-18(23)12-7-15)8-3-14-4-9-17(22)10-5-14/h3-12,16,19H,13H2,1-2H3/b8-3+/t16-/m0/s1. The Morgan fingerprint density at radius 3 is 1.85 bits per heavy atom. The Hall–Kier alpha value is -3.02. The minimum Gasteiger partial charge on any atom is -0.468 e. The van der Waals surface area contributed by atoms with Gasteiger partial charge < -0.3 is 9.47 Å². The quantitative estimate of drug-likeness (QED) is 0.546. The van der Waals surface area contributed by atoms with Crippen LogP contribution in [0.5, 0.6) is 0 Å². The van der Waals surface area contributed by atoms with Crippen molar-refractivity contribution in [3.63, 3.8) is 0 Å². The van der Waals surface area contributed by atoms with Gasteiger partial charge in [0.15, 0.2) is 5.92 Å². The fourth-order valence-corrected chi connectivity index (χ4v) is 2.70. The van der Waals surface area contributed by atoms with E-state index in [0.717, 1.165) is 5.56 Å². The molecule has 0 amide bonds. The molecule has 0 aliphatic heterocycles. The second-order valence-corrected chi connectivity index (χ2v) is 5.93. The molecule has 0 fully saturated rings. The molecule has 0 unspecified atom stereocenters. The van der Waals surface area contributed by atoms with E-state index in [-0.39, 0.29) is 18.1 Å². The molecule has 0 bridgehead atoms. The molecule has 6 heteroatoms. The van der Waals surface area contributed by atoms with Crippen molar-refractivity contribution in [1.82, 2.24) is 0 Å². The van der Waals surface area contributed by atoms with Crippen LogP contribution in [0.4, 0.5) is 8.78 Å². The Morgan fingerprint density at radius 1 is 0.889 bits per heavy atom. The van der Waals surface area contributed by atoms with Crippen LogP contribution in [0.1, 0.15) is 11.1 Å². The van der Waals surface area contributed by atoms with Gasteiger partial charge in [0.2, 0.25) is 0 Å². The summed E-state index contributed by atoms with van der Waals surface area (Å²) in [5.41, 5.74) is 1.44. The van der Waals surface area contributed by atoms with Crippen molar-refractivity contribution in [3.05, 3.63) is 77.4 Å². The summed E-state index contributed by atoms with van der Waals surface area (Å²) < 4.78 is 35.7. The van der Waals surface area contributed by atoms with Crippen LogP contribution in [0, 0.1) is 23.5 Å². The predicted molar refractivity (Wildman–Crippen MR) is 96.6 cm³/mol. The number of benzene rings is 2. The zero-order valence-corrected chi connectivity index (χ0v) is 15.0. The monoisotopic (exact) mass is 374 g/mol. The summed E-state index contributed by atoms with van der Waals surface area (Å²) in [6.07, 6.45) is 3.65. The molecule has 2 aromatic rings. The maximum Gasteiger partial charge on any atom is 0.320 e. The Bertz CT molecular complexity index is 782. The van der Waals surface area contributed by atoms with E-state index < -0.39 is 23.8 Å². The molecular formula is C21H20F2O4. The first-order valence-corrected chi connectivity index (χ1v) is 8.28. The Balaban J connectivity index is 2.35. The van der Waals surface area contributed by atoms with Crippen LogP contribution in [0.2, 0.25) is 0 Å². The molecule has 0 spiro atoms. The Kier molecular flexibility index (Phi) is 7.23. The first-order valence-electron chi connectivity index (χ1n) is 8.28. The van der Waals surface area contributed by atoms with E-state index in [2.05, 4.69) is 0 Å². The number of methoxy groups -OCH3 is 2. The van der Waals surface area contributed by atoms with Gasteiger partial charge in [-0.15, -0.1) is 0 Å². The fraction of sp³-hybridized carbons (Fsp3) is 0.238. The normalized spacial score (nSPS) is 12.2. The van der Waals surface area contributed by atoms with Gasteiger partial charge in [0, 0.05) is 5.92 Å². The van der Waals surface area contributed by atoms with Crippen LogP contribution in [-0.2, 0) is 25.5 Å². The average molecular weight is 374 g/mol. The Morgan fingerprint density at radius 2 is 1.37 bits per heavy atom. The third kappa shape index (κ3) is 5.74. The zero-order valence-electron chi connectivity index (χ0n) is 15.0. The van der Waals surface area contributed by atoms with Gasteiger partial charge in [-0.25, -0.2) is 8.78 Å². The van der Waals surface area contributed by atoms with Gasteiger partial charge in [0.1, 0.15) is 11.6 Å². The Labute approximate surface area is 156 Å². The van der Waals surface area contributed by atoms with Crippen LogP contribution in [0.25, 0.3) is 6.08 Å². The fourth-order valence-electron chi connectivity index (χ4n) is 2.70. The number of esters is 2. The average Bonchev–Trinajstić information content (AvgIpc) is 2.68. The molecule has 0 aromatic heterocycles. The molecule has 4 nitrogen and oxygen atoms in total. The first kappa shape index (κ1) is 20.3. The number of ether oxygens (including phenoxy) is 2. The topological polar surface area (TPSA) is 52.6 Å². The lowest BCUT2D eigenvalue weighted by molar-refractivity contribution is -0.160. The SMILES string of the molecule is COC(=O)C(C(=O)OC)[C@@H](/C=C/c1ccc(F)cc1)Cc1ccc(F)cc1. The molecule has 2 aromatic carbocycles. The molecule has 0 heterocycles. The molecule has 0 radical (unpaired) electrons. The van der Waals surface area contributed by atoms with E-state index in [0.29, 0.717) is 5.56 Å². The first-order chi connectivity index (χ1) is 12.9. The van der Waals surface area contributed by atoms with Gasteiger partial charge in [-0.3, -0.25) is 9.59 Å². The van der Waals surface area contributed by atoms with Gasteiger partial charge in [-0.1, -0.05) is 36.4 Å². The highest BCUT2D eigenvalue weighted by molar-refractivity contribution is 5.95. The summed E-state index contributed by atoms with van der Waals surface area (Å²) in [5.74, 6) is -3.97. The molecule has 0 saturated heterocycles. The summed E-state index contributed by atoms with van der Waals surface area (Å²) in [6, 6.07) is 11.6. The number of hydrogen-bond acceptors (Lipinski definition) is 4. The third-order valence-corrected chi connectivity index (χ3v) is 4.13. The van der Waals surface area contributed by atoms with E-state index >= 15 is 0 Å². The molecular weight excluding hydrogens is 354 g/mol. The van der Waals surface area contributed by atoms with Crippen LogP contribution in [0.15, 0.2) is 54.6 Å². The van der Waals surface area contributed by atoms with Crippen molar-refractivity contribution in [3.8, 4) is 0 Å². The number of rotatable bonds is 7. The lowest BCUT2D eigenvalue weighted by atomic mass is 9.86. The zero-order chi connectivity index (χ0) is 19.8. The minimum atomic E-state index is -1.18. The highest BCUT2D eigenvalue weighted by Crippen LogP contribution is 2.24. The van der Waals surface area contributed by atoms with E-state index in [1.807, 2.05) is 0 Å². The smallest absolute Gasteiger partial charge is 0.320 e. The highest BCUT2D eigenvalue weighted by Gasteiger charge is 2.35. The maximum absolute atomic E-state index is 13.2. The van der Waals surface area contributed by atoms with Crippen molar-refractivity contribution < 1.29 is 27.8 Å². The summed E-state index contributed by atoms with van der Waals surface area (Å²) in [4.78, 5) is 24.4. The molecule has 0 aliphatic rings. The van der Waals surface area contributed by atoms with E-state index in [4.69, 9.17) is 9.47 Å². The van der Waals surface area contributed by atoms with E-state index in [9.17, 15) is 18.4 Å². The lowest BCUT2D eigenvalue weighted by Gasteiger charge is -2.21. The van der Waals surface area contributed by atoms with Crippen LogP contribution in [-0.4, -0.2) is 26.2 Å². The van der Waals surface area contributed by atoms with Crippen LogP contribution < -0.4 is 0 Å². The predicted octanol–water partition coefficient (Wildman–Crippen LogP) is 3.80. The third-order valence-electron chi connectivity index (χ3n) is 4.13. The highest BCUT2D eigenvalue weighted by atomic mass is 19.1. The van der Waals surface area contributed by atoms with Crippen molar-refractivity contribution >= 4 is 18.0 Å². The number of hydrogen-bond donors (Lipinski definition) is 0. The molecule has 0 saturated carbocycles. The maximum atomic E-state index is 13.2.